The van der Waals surface area contributed by atoms with Gasteiger partial charge in [0.2, 0.25) is 0 Å². The molecule has 0 radical (unpaired) electrons. The third kappa shape index (κ3) is 2.60. The molecule has 1 aliphatic heterocycles. The van der Waals surface area contributed by atoms with Crippen LogP contribution in [0.4, 0.5) is 0 Å². The molecule has 104 valence electrons. The predicted molar refractivity (Wildman–Crippen MR) is 74.3 cm³/mol. The van der Waals surface area contributed by atoms with Crippen LogP contribution in [0.5, 0.6) is 0 Å². The molecule has 3 rings (SSSR count). The van der Waals surface area contributed by atoms with Gasteiger partial charge in [0.05, 0.1) is 6.54 Å². The van der Waals surface area contributed by atoms with Crippen LogP contribution in [-0.4, -0.2) is 50.8 Å². The largest absolute Gasteiger partial charge is 0.301 e. The Morgan fingerprint density at radius 3 is 2.80 bits per heavy atom. The van der Waals surface area contributed by atoms with Gasteiger partial charge >= 0.3 is 0 Å². The maximum atomic E-state index is 11.1. The van der Waals surface area contributed by atoms with Gasteiger partial charge in [-0.1, -0.05) is 5.21 Å². The van der Waals surface area contributed by atoms with E-state index < -0.39 is 0 Å². The second-order valence-corrected chi connectivity index (χ2v) is 4.95. The Kier molecular flexibility index (Phi) is 3.83. The highest BCUT2D eigenvalue weighted by atomic mass is 16.1. The number of likely N-dealkylation sites (tertiary alicyclic amines) is 1. The first-order valence-electron chi connectivity index (χ1n) is 6.90. The first kappa shape index (κ1) is 12.9. The molecule has 6 nitrogen and oxygen atoms in total. The molecule has 0 aliphatic carbocycles. The topological polar surface area (TPSA) is 63.9 Å². The summed E-state index contributed by atoms with van der Waals surface area (Å²) in [5, 5.41) is 8.06. The lowest BCUT2D eigenvalue weighted by atomic mass is 10.2. The van der Waals surface area contributed by atoms with Gasteiger partial charge in [-0.3, -0.25) is 9.78 Å². The van der Waals surface area contributed by atoms with Crippen molar-refractivity contribution in [3.8, 4) is 11.3 Å². The van der Waals surface area contributed by atoms with Crippen molar-refractivity contribution in [3.63, 3.8) is 0 Å². The summed E-state index contributed by atoms with van der Waals surface area (Å²) in [5.41, 5.74) is 2.01. The number of nitrogens with zero attached hydrogens (tertiary/aromatic N) is 5. The highest BCUT2D eigenvalue weighted by Gasteiger charge is 2.16. The van der Waals surface area contributed by atoms with E-state index in [-0.39, 0.29) is 0 Å². The maximum absolute atomic E-state index is 11.1. The molecule has 2 aromatic rings. The van der Waals surface area contributed by atoms with E-state index in [0.29, 0.717) is 5.69 Å². The summed E-state index contributed by atoms with van der Waals surface area (Å²) in [7, 11) is 0. The number of aromatic nitrogens is 4. The Labute approximate surface area is 117 Å². The molecule has 3 heterocycles. The van der Waals surface area contributed by atoms with Crippen molar-refractivity contribution in [1.82, 2.24) is 24.9 Å². The highest BCUT2D eigenvalue weighted by molar-refractivity contribution is 5.82. The first-order chi connectivity index (χ1) is 9.88. The lowest BCUT2D eigenvalue weighted by molar-refractivity contribution is 0.111. The lowest BCUT2D eigenvalue weighted by Gasteiger charge is -2.15. The van der Waals surface area contributed by atoms with Crippen molar-refractivity contribution in [2.75, 3.05) is 19.6 Å². The molecule has 0 unspecified atom stereocenters. The Morgan fingerprint density at radius 2 is 2.10 bits per heavy atom. The second kappa shape index (κ2) is 5.92. The Balaban J connectivity index is 1.83. The molecule has 0 atom stereocenters. The molecule has 2 aromatic heterocycles. The van der Waals surface area contributed by atoms with Crippen molar-refractivity contribution >= 4 is 6.29 Å². The summed E-state index contributed by atoms with van der Waals surface area (Å²) in [6.07, 6.45) is 6.74. The van der Waals surface area contributed by atoms with Crippen LogP contribution in [0, 0.1) is 0 Å². The number of hydrogen-bond acceptors (Lipinski definition) is 5. The zero-order valence-corrected chi connectivity index (χ0v) is 11.3. The van der Waals surface area contributed by atoms with Crippen LogP contribution in [0.1, 0.15) is 23.3 Å². The maximum Gasteiger partial charge on any atom is 0.172 e. The summed E-state index contributed by atoms with van der Waals surface area (Å²) in [6, 6.07) is 3.77. The SMILES string of the molecule is O=Cc1nnn(CCN2CCCC2)c1-c1cccnc1. The highest BCUT2D eigenvalue weighted by Crippen LogP contribution is 2.20. The van der Waals surface area contributed by atoms with E-state index in [2.05, 4.69) is 20.2 Å². The Bertz CT molecular complexity index is 575. The monoisotopic (exact) mass is 271 g/mol. The summed E-state index contributed by atoms with van der Waals surface area (Å²) in [6.45, 7) is 3.98. The Morgan fingerprint density at radius 1 is 1.25 bits per heavy atom. The van der Waals surface area contributed by atoms with Crippen molar-refractivity contribution < 1.29 is 4.79 Å². The van der Waals surface area contributed by atoms with Crippen molar-refractivity contribution in [3.05, 3.63) is 30.2 Å². The predicted octanol–water partition coefficient (Wildman–Crippen LogP) is 1.25. The minimum absolute atomic E-state index is 0.374. The van der Waals surface area contributed by atoms with Gasteiger partial charge in [-0.15, -0.1) is 5.10 Å². The summed E-state index contributed by atoms with van der Waals surface area (Å²) in [4.78, 5) is 17.6. The second-order valence-electron chi connectivity index (χ2n) is 4.95. The lowest BCUT2D eigenvalue weighted by Crippen LogP contribution is -2.24. The normalized spacial score (nSPS) is 15.6. The van der Waals surface area contributed by atoms with Crippen LogP contribution in [-0.2, 0) is 6.54 Å². The molecule has 6 heteroatoms. The van der Waals surface area contributed by atoms with Gasteiger partial charge in [0, 0.05) is 24.5 Å². The van der Waals surface area contributed by atoms with Crippen LogP contribution >= 0.6 is 0 Å². The fourth-order valence-electron chi connectivity index (χ4n) is 2.60. The van der Waals surface area contributed by atoms with E-state index in [4.69, 9.17) is 0 Å². The number of carbonyl (C=O) groups excluding carboxylic acids is 1. The standard InChI is InChI=1S/C14H17N5O/c20-11-13-14(12-4-3-5-15-10-12)19(17-16-13)9-8-18-6-1-2-7-18/h3-5,10-11H,1-2,6-9H2. The molecule has 0 saturated carbocycles. The molecule has 0 aromatic carbocycles. The smallest absolute Gasteiger partial charge is 0.172 e. The molecule has 1 aliphatic rings. The molecule has 0 amide bonds. The van der Waals surface area contributed by atoms with Crippen LogP contribution in [0.25, 0.3) is 11.3 Å². The summed E-state index contributed by atoms with van der Waals surface area (Å²) < 4.78 is 1.80. The zero-order chi connectivity index (χ0) is 13.8. The first-order valence-corrected chi connectivity index (χ1v) is 6.90. The van der Waals surface area contributed by atoms with E-state index in [1.54, 1.807) is 17.1 Å². The van der Waals surface area contributed by atoms with E-state index >= 15 is 0 Å². The zero-order valence-electron chi connectivity index (χ0n) is 11.3. The van der Waals surface area contributed by atoms with E-state index in [9.17, 15) is 4.79 Å². The molecule has 0 spiro atoms. The van der Waals surface area contributed by atoms with Crippen LogP contribution < -0.4 is 0 Å². The van der Waals surface area contributed by atoms with E-state index in [1.807, 2.05) is 12.1 Å². The van der Waals surface area contributed by atoms with Gasteiger partial charge in [-0.05, 0) is 38.1 Å². The number of carbonyl (C=O) groups is 1. The van der Waals surface area contributed by atoms with Crippen LogP contribution in [0.15, 0.2) is 24.5 Å². The number of pyridine rings is 1. The average molecular weight is 271 g/mol. The average Bonchev–Trinajstić information content (AvgIpc) is 3.15. The minimum Gasteiger partial charge on any atom is -0.301 e. The third-order valence-corrected chi connectivity index (χ3v) is 3.63. The van der Waals surface area contributed by atoms with Crippen LogP contribution in [0.2, 0.25) is 0 Å². The van der Waals surface area contributed by atoms with Crippen molar-refractivity contribution in [1.29, 1.82) is 0 Å². The van der Waals surface area contributed by atoms with Gasteiger partial charge in [-0.25, -0.2) is 4.68 Å². The molecular formula is C14H17N5O. The molecule has 20 heavy (non-hydrogen) atoms. The number of hydrogen-bond donors (Lipinski definition) is 0. The van der Waals surface area contributed by atoms with Gasteiger partial charge in [-0.2, -0.15) is 0 Å². The number of rotatable bonds is 5. The Hall–Kier alpha value is -2.08. The van der Waals surface area contributed by atoms with Crippen molar-refractivity contribution in [2.45, 2.75) is 19.4 Å². The van der Waals surface area contributed by atoms with E-state index in [0.717, 1.165) is 43.7 Å². The fraction of sp³-hybridized carbons (Fsp3) is 0.429. The van der Waals surface area contributed by atoms with E-state index in [1.165, 1.54) is 12.8 Å². The molecule has 1 fully saturated rings. The molecular weight excluding hydrogens is 254 g/mol. The molecule has 0 N–H and O–H groups in total. The minimum atomic E-state index is 0.374. The van der Waals surface area contributed by atoms with Gasteiger partial charge in [0.15, 0.2) is 12.0 Å². The summed E-state index contributed by atoms with van der Waals surface area (Å²) >= 11 is 0. The number of aldehydes is 1. The van der Waals surface area contributed by atoms with Gasteiger partial charge in [0.25, 0.3) is 0 Å². The van der Waals surface area contributed by atoms with Gasteiger partial charge in [0.1, 0.15) is 5.69 Å². The fourth-order valence-corrected chi connectivity index (χ4v) is 2.60. The van der Waals surface area contributed by atoms with Gasteiger partial charge < -0.3 is 4.90 Å². The summed E-state index contributed by atoms with van der Waals surface area (Å²) in [5.74, 6) is 0. The van der Waals surface area contributed by atoms with Crippen LogP contribution in [0.3, 0.4) is 0 Å². The molecule has 0 bridgehead atoms. The third-order valence-electron chi connectivity index (χ3n) is 3.63. The quantitative estimate of drug-likeness (QED) is 0.766. The molecule has 1 saturated heterocycles. The van der Waals surface area contributed by atoms with Crippen molar-refractivity contribution in [2.24, 2.45) is 0 Å².